The Morgan fingerprint density at radius 3 is 2.58 bits per heavy atom. The minimum absolute atomic E-state index is 0.0268. The number of benzene rings is 1. The fraction of sp³-hybridized carbons (Fsp3) is 0.458. The lowest BCUT2D eigenvalue weighted by Crippen LogP contribution is -2.53. The summed E-state index contributed by atoms with van der Waals surface area (Å²) in [5.41, 5.74) is -0.154. The molecule has 2 fully saturated rings. The Balaban J connectivity index is 1.65. The third-order valence-corrected chi connectivity index (χ3v) is 9.10. The van der Waals surface area contributed by atoms with Crippen LogP contribution < -0.4 is 19.7 Å². The van der Waals surface area contributed by atoms with Gasteiger partial charge in [0.05, 0.1) is 21.4 Å². The molecule has 2 atom stereocenters. The lowest BCUT2D eigenvalue weighted by molar-refractivity contribution is -0.132. The van der Waals surface area contributed by atoms with Gasteiger partial charge in [-0.05, 0) is 43.5 Å². The molecule has 2 saturated heterocycles. The maximum Gasteiger partial charge on any atom is 0.387 e. The second-order valence-electron chi connectivity index (χ2n) is 9.14. The predicted molar refractivity (Wildman–Crippen MR) is 141 cm³/mol. The highest BCUT2D eigenvalue weighted by Crippen LogP contribution is 2.38. The highest BCUT2D eigenvalue weighted by atomic mass is 35.5. The molecular weight excluding hydrogens is 597 g/mol. The number of hydrogen-bond donors (Lipinski definition) is 2. The SMILES string of the molecule is O=C(NC[C@H](NS(=O)(=O)c1cccc(N2CCCCC2=O)c1OC(F)F)C(=O)N1CC[C@H](F)C1)c1ccc(Cl)s1. The van der Waals surface area contributed by atoms with Crippen LogP contribution in [0.5, 0.6) is 5.75 Å². The van der Waals surface area contributed by atoms with Crippen molar-refractivity contribution in [1.29, 1.82) is 0 Å². The number of halogens is 4. The van der Waals surface area contributed by atoms with E-state index in [9.17, 15) is 36.0 Å². The zero-order valence-corrected chi connectivity index (χ0v) is 23.3. The first-order chi connectivity index (χ1) is 19.0. The molecule has 2 aliphatic heterocycles. The number of amides is 3. The molecule has 2 aromatic rings. The van der Waals surface area contributed by atoms with Gasteiger partial charge in [0, 0.05) is 26.1 Å². The summed E-state index contributed by atoms with van der Waals surface area (Å²) in [4.78, 5) is 40.0. The fourth-order valence-electron chi connectivity index (χ4n) is 4.48. The topological polar surface area (TPSA) is 125 Å². The highest BCUT2D eigenvalue weighted by Gasteiger charge is 2.36. The summed E-state index contributed by atoms with van der Waals surface area (Å²) in [6.07, 6.45) is 0.0911. The Kier molecular flexibility index (Phi) is 9.59. The summed E-state index contributed by atoms with van der Waals surface area (Å²) in [5, 5.41) is 2.46. The van der Waals surface area contributed by atoms with Crippen molar-refractivity contribution in [2.45, 2.75) is 49.4 Å². The lowest BCUT2D eigenvalue weighted by Gasteiger charge is -2.29. The number of rotatable bonds is 10. The van der Waals surface area contributed by atoms with Crippen molar-refractivity contribution < 1.29 is 40.7 Å². The number of carbonyl (C=O) groups excluding carboxylic acids is 3. The van der Waals surface area contributed by atoms with Crippen LogP contribution >= 0.6 is 22.9 Å². The summed E-state index contributed by atoms with van der Waals surface area (Å²) in [7, 11) is -4.77. The first-order valence-electron chi connectivity index (χ1n) is 12.3. The van der Waals surface area contributed by atoms with E-state index in [-0.39, 0.29) is 48.9 Å². The average Bonchev–Trinajstić information content (AvgIpc) is 3.54. The number of ether oxygens (including phenoxy) is 1. The number of alkyl halides is 3. The van der Waals surface area contributed by atoms with Gasteiger partial charge in [-0.15, -0.1) is 11.3 Å². The van der Waals surface area contributed by atoms with Crippen LogP contribution in [0.4, 0.5) is 18.9 Å². The van der Waals surface area contributed by atoms with Gasteiger partial charge in [0.1, 0.15) is 17.1 Å². The van der Waals surface area contributed by atoms with Crippen LogP contribution in [-0.2, 0) is 19.6 Å². The molecule has 4 rings (SSSR count). The second kappa shape index (κ2) is 12.7. The third-order valence-electron chi connectivity index (χ3n) is 6.37. The third kappa shape index (κ3) is 7.06. The summed E-state index contributed by atoms with van der Waals surface area (Å²) < 4.78 is 74.9. The lowest BCUT2D eigenvalue weighted by atomic mass is 10.1. The molecule has 1 aromatic heterocycles. The van der Waals surface area contributed by atoms with E-state index in [1.807, 2.05) is 0 Å². The molecule has 3 heterocycles. The molecule has 0 bridgehead atoms. The number of piperidine rings is 1. The molecule has 3 amide bonds. The number of nitrogens with zero attached hydrogens (tertiary/aromatic N) is 2. The minimum atomic E-state index is -4.77. The van der Waals surface area contributed by atoms with Gasteiger partial charge in [-0.1, -0.05) is 17.7 Å². The average molecular weight is 623 g/mol. The largest absolute Gasteiger partial charge is 0.431 e. The normalized spacial score (nSPS) is 18.7. The molecule has 2 N–H and O–H groups in total. The van der Waals surface area contributed by atoms with E-state index in [0.29, 0.717) is 17.2 Å². The molecule has 0 aliphatic carbocycles. The molecule has 1 aromatic carbocycles. The van der Waals surface area contributed by atoms with Crippen molar-refractivity contribution in [3.63, 3.8) is 0 Å². The molecule has 2 aliphatic rings. The Hall–Kier alpha value is -2.88. The first kappa shape index (κ1) is 30.1. The zero-order chi connectivity index (χ0) is 29.0. The van der Waals surface area contributed by atoms with Crippen LogP contribution in [0, 0.1) is 0 Å². The molecule has 0 saturated carbocycles. The van der Waals surface area contributed by atoms with E-state index in [4.69, 9.17) is 11.6 Å². The van der Waals surface area contributed by atoms with Crippen molar-refractivity contribution >= 4 is 56.4 Å². The van der Waals surface area contributed by atoms with Crippen LogP contribution in [-0.4, -0.2) is 76.0 Å². The molecule has 40 heavy (non-hydrogen) atoms. The molecule has 218 valence electrons. The summed E-state index contributed by atoms with van der Waals surface area (Å²) in [6.45, 7) is -4.02. The first-order valence-corrected chi connectivity index (χ1v) is 15.0. The van der Waals surface area contributed by atoms with Crippen molar-refractivity contribution in [3.05, 3.63) is 39.5 Å². The highest BCUT2D eigenvalue weighted by molar-refractivity contribution is 7.89. The van der Waals surface area contributed by atoms with Gasteiger partial charge in [-0.2, -0.15) is 13.5 Å². The quantitative estimate of drug-likeness (QED) is 0.419. The molecule has 0 radical (unpaired) electrons. The van der Waals surface area contributed by atoms with Gasteiger partial charge in [-0.3, -0.25) is 14.4 Å². The van der Waals surface area contributed by atoms with E-state index < -0.39 is 57.9 Å². The Morgan fingerprint density at radius 1 is 1.18 bits per heavy atom. The predicted octanol–water partition coefficient (Wildman–Crippen LogP) is 3.17. The van der Waals surface area contributed by atoms with Crippen LogP contribution in [0.1, 0.15) is 35.4 Å². The summed E-state index contributed by atoms with van der Waals surface area (Å²) >= 11 is 6.83. The molecule has 0 unspecified atom stereocenters. The fourth-order valence-corrected chi connectivity index (χ4v) is 6.78. The molecular formula is C24H26ClF3N4O6S2. The standard InChI is InChI=1S/C24H26ClF3N4O6S2/c25-19-8-7-17(39-19)22(34)29-12-15(23(35)31-11-9-14(26)13-31)30-40(36,37)18-5-3-4-16(21(18)38-24(27)28)32-10-2-1-6-20(32)33/h3-5,7-8,14-15,24,30H,1-2,6,9-13H2,(H,29,34)/t14-,15-/m0/s1. The number of carbonyl (C=O) groups is 3. The smallest absolute Gasteiger partial charge is 0.387 e. The van der Waals surface area contributed by atoms with Gasteiger partial charge in [0.2, 0.25) is 21.8 Å². The van der Waals surface area contributed by atoms with E-state index in [0.717, 1.165) is 22.3 Å². The van der Waals surface area contributed by atoms with E-state index in [1.165, 1.54) is 29.2 Å². The van der Waals surface area contributed by atoms with Gasteiger partial charge < -0.3 is 19.9 Å². The monoisotopic (exact) mass is 622 g/mol. The molecule has 10 nitrogen and oxygen atoms in total. The molecule has 0 spiro atoms. The van der Waals surface area contributed by atoms with Crippen LogP contribution in [0.15, 0.2) is 35.2 Å². The van der Waals surface area contributed by atoms with Gasteiger partial charge in [0.25, 0.3) is 5.91 Å². The van der Waals surface area contributed by atoms with Crippen molar-refractivity contribution in [2.24, 2.45) is 0 Å². The van der Waals surface area contributed by atoms with Crippen LogP contribution in [0.25, 0.3) is 0 Å². The Bertz CT molecular complexity index is 1380. The van der Waals surface area contributed by atoms with Crippen molar-refractivity contribution in [3.8, 4) is 5.75 Å². The number of nitrogens with one attached hydrogen (secondary N) is 2. The Labute approximate surface area is 237 Å². The zero-order valence-electron chi connectivity index (χ0n) is 20.9. The van der Waals surface area contributed by atoms with E-state index in [1.54, 1.807) is 0 Å². The number of thiophene rings is 1. The molecule has 16 heteroatoms. The van der Waals surface area contributed by atoms with E-state index in [2.05, 4.69) is 14.8 Å². The number of likely N-dealkylation sites (tertiary alicyclic amines) is 1. The number of para-hydroxylation sites is 1. The van der Waals surface area contributed by atoms with Gasteiger partial charge in [0.15, 0.2) is 5.75 Å². The van der Waals surface area contributed by atoms with Gasteiger partial charge >= 0.3 is 6.61 Å². The van der Waals surface area contributed by atoms with Gasteiger partial charge in [-0.25, -0.2) is 12.8 Å². The van der Waals surface area contributed by atoms with Crippen molar-refractivity contribution in [1.82, 2.24) is 14.9 Å². The Morgan fingerprint density at radius 2 is 1.95 bits per heavy atom. The number of sulfonamides is 1. The summed E-state index contributed by atoms with van der Waals surface area (Å²) in [5.74, 6) is -2.58. The van der Waals surface area contributed by atoms with Crippen LogP contribution in [0.3, 0.4) is 0 Å². The number of hydrogen-bond acceptors (Lipinski definition) is 7. The maximum absolute atomic E-state index is 13.8. The second-order valence-corrected chi connectivity index (χ2v) is 12.5. The van der Waals surface area contributed by atoms with Crippen LogP contribution in [0.2, 0.25) is 4.34 Å². The van der Waals surface area contributed by atoms with E-state index >= 15 is 0 Å². The minimum Gasteiger partial charge on any atom is -0.431 e. The van der Waals surface area contributed by atoms with Crippen molar-refractivity contribution in [2.75, 3.05) is 31.1 Å². The number of anilines is 1. The summed E-state index contributed by atoms with van der Waals surface area (Å²) in [6, 6.07) is 4.87. The maximum atomic E-state index is 13.8.